The molecule has 16 heavy (non-hydrogen) atoms. The fraction of sp³-hybridized carbons (Fsp3) is 0.538. The first kappa shape index (κ1) is 11.5. The van der Waals surface area contributed by atoms with Crippen molar-refractivity contribution in [3.63, 3.8) is 0 Å². The maximum atomic E-state index is 14.0. The molecule has 88 valence electrons. The van der Waals surface area contributed by atoms with Gasteiger partial charge < -0.3 is 5.73 Å². The molecular weight excluding hydrogens is 208 g/mol. The van der Waals surface area contributed by atoms with Crippen LogP contribution >= 0.6 is 0 Å². The Kier molecular flexibility index (Phi) is 2.54. The molecule has 0 bridgehead atoms. The van der Waals surface area contributed by atoms with Crippen LogP contribution in [0.5, 0.6) is 0 Å². The van der Waals surface area contributed by atoms with Gasteiger partial charge in [0.05, 0.1) is 5.54 Å². The van der Waals surface area contributed by atoms with Crippen molar-refractivity contribution in [2.75, 3.05) is 0 Å². The summed E-state index contributed by atoms with van der Waals surface area (Å²) in [4.78, 5) is 0. The lowest BCUT2D eigenvalue weighted by Gasteiger charge is -2.30. The second kappa shape index (κ2) is 3.52. The molecule has 0 amide bonds. The van der Waals surface area contributed by atoms with Crippen LogP contribution in [0.4, 0.5) is 8.78 Å². The van der Waals surface area contributed by atoms with E-state index in [0.717, 1.165) is 24.8 Å². The molecule has 2 rings (SSSR count). The molecular formula is C13H17F2N. The molecule has 1 aliphatic carbocycles. The molecule has 3 heteroatoms. The Labute approximate surface area is 94.7 Å². The number of aryl methyl sites for hydroxylation is 2. The molecule has 1 aromatic carbocycles. The number of fused-ring (bicyclic) bond motifs is 1. The van der Waals surface area contributed by atoms with E-state index >= 15 is 0 Å². The van der Waals surface area contributed by atoms with Gasteiger partial charge in [-0.25, -0.2) is 0 Å². The Morgan fingerprint density at radius 1 is 1.12 bits per heavy atom. The van der Waals surface area contributed by atoms with E-state index < -0.39 is 11.5 Å². The van der Waals surface area contributed by atoms with Crippen LogP contribution in [-0.2, 0) is 18.8 Å². The van der Waals surface area contributed by atoms with Gasteiger partial charge in [0, 0.05) is 5.56 Å². The van der Waals surface area contributed by atoms with Crippen molar-refractivity contribution in [2.24, 2.45) is 5.73 Å². The highest BCUT2D eigenvalue weighted by Gasteiger charge is 2.45. The summed E-state index contributed by atoms with van der Waals surface area (Å²) in [5, 5.41) is 0. The Hall–Kier alpha value is -0.960. The van der Waals surface area contributed by atoms with Crippen LogP contribution in [-0.4, -0.2) is 5.54 Å². The van der Waals surface area contributed by atoms with E-state index in [1.165, 1.54) is 25.5 Å². The van der Waals surface area contributed by atoms with Gasteiger partial charge in [-0.1, -0.05) is 12.1 Å². The van der Waals surface area contributed by atoms with E-state index in [1.807, 2.05) is 6.07 Å². The topological polar surface area (TPSA) is 26.0 Å². The van der Waals surface area contributed by atoms with Crippen molar-refractivity contribution < 1.29 is 8.78 Å². The molecule has 0 atom stereocenters. The van der Waals surface area contributed by atoms with Gasteiger partial charge >= 0.3 is 0 Å². The fourth-order valence-corrected chi connectivity index (χ4v) is 2.14. The summed E-state index contributed by atoms with van der Waals surface area (Å²) >= 11 is 0. The molecule has 0 saturated carbocycles. The summed E-state index contributed by atoms with van der Waals surface area (Å²) in [5.74, 6) is -2.98. The number of benzene rings is 1. The molecule has 0 heterocycles. The Balaban J connectivity index is 2.42. The number of halogens is 2. The average molecular weight is 225 g/mol. The van der Waals surface area contributed by atoms with Crippen molar-refractivity contribution >= 4 is 0 Å². The first-order valence-electron chi connectivity index (χ1n) is 5.61. The van der Waals surface area contributed by atoms with Crippen LogP contribution in [0.15, 0.2) is 18.2 Å². The lowest BCUT2D eigenvalue weighted by Crippen LogP contribution is -2.48. The molecule has 0 aromatic heterocycles. The second-order valence-corrected chi connectivity index (χ2v) is 5.13. The zero-order valence-electron chi connectivity index (χ0n) is 9.69. The van der Waals surface area contributed by atoms with Crippen LogP contribution in [0, 0.1) is 0 Å². The minimum atomic E-state index is -2.98. The summed E-state index contributed by atoms with van der Waals surface area (Å²) in [7, 11) is 0. The van der Waals surface area contributed by atoms with Crippen LogP contribution in [0.2, 0.25) is 0 Å². The Bertz CT molecular complexity index is 405. The zero-order valence-corrected chi connectivity index (χ0v) is 9.69. The third-order valence-electron chi connectivity index (χ3n) is 3.27. The summed E-state index contributed by atoms with van der Waals surface area (Å²) < 4.78 is 28.0. The summed E-state index contributed by atoms with van der Waals surface area (Å²) in [6, 6.07) is 4.95. The highest BCUT2D eigenvalue weighted by Crippen LogP contribution is 2.38. The quantitative estimate of drug-likeness (QED) is 0.822. The third-order valence-corrected chi connectivity index (χ3v) is 3.27. The lowest BCUT2D eigenvalue weighted by molar-refractivity contribution is -0.0673. The van der Waals surface area contributed by atoms with Crippen molar-refractivity contribution in [1.82, 2.24) is 0 Å². The molecule has 0 spiro atoms. The van der Waals surface area contributed by atoms with E-state index in [-0.39, 0.29) is 5.56 Å². The monoisotopic (exact) mass is 225 g/mol. The van der Waals surface area contributed by atoms with E-state index in [4.69, 9.17) is 5.73 Å². The first-order chi connectivity index (χ1) is 7.32. The molecule has 0 unspecified atom stereocenters. The Morgan fingerprint density at radius 3 is 2.38 bits per heavy atom. The molecule has 0 aliphatic heterocycles. The number of hydrogen-bond acceptors (Lipinski definition) is 1. The smallest absolute Gasteiger partial charge is 0.290 e. The van der Waals surface area contributed by atoms with Crippen LogP contribution in [0.1, 0.15) is 37.0 Å². The van der Waals surface area contributed by atoms with Crippen molar-refractivity contribution in [1.29, 1.82) is 0 Å². The van der Waals surface area contributed by atoms with Crippen molar-refractivity contribution in [3.8, 4) is 0 Å². The zero-order chi connectivity index (χ0) is 12.0. The van der Waals surface area contributed by atoms with Crippen molar-refractivity contribution in [3.05, 3.63) is 34.9 Å². The summed E-state index contributed by atoms with van der Waals surface area (Å²) in [5.41, 5.74) is 6.31. The molecule has 0 radical (unpaired) electrons. The highest BCUT2D eigenvalue weighted by atomic mass is 19.3. The van der Waals surface area contributed by atoms with Crippen LogP contribution < -0.4 is 5.73 Å². The molecule has 1 aliphatic rings. The van der Waals surface area contributed by atoms with Crippen molar-refractivity contribution in [2.45, 2.75) is 44.6 Å². The van der Waals surface area contributed by atoms with Gasteiger partial charge in [0.1, 0.15) is 0 Å². The number of rotatable bonds is 2. The molecule has 2 N–H and O–H groups in total. The van der Waals surface area contributed by atoms with Gasteiger partial charge in [0.25, 0.3) is 5.92 Å². The minimum absolute atomic E-state index is 0.0423. The Morgan fingerprint density at radius 2 is 1.75 bits per heavy atom. The summed E-state index contributed by atoms with van der Waals surface area (Å²) in [6.45, 7) is 2.72. The summed E-state index contributed by atoms with van der Waals surface area (Å²) in [6.07, 6.45) is 2.98. The third kappa shape index (κ3) is 1.73. The fourth-order valence-electron chi connectivity index (χ4n) is 2.14. The lowest BCUT2D eigenvalue weighted by atomic mass is 9.89. The maximum Gasteiger partial charge on any atom is 0.290 e. The molecule has 0 saturated heterocycles. The van der Waals surface area contributed by atoms with Crippen LogP contribution in [0.25, 0.3) is 0 Å². The predicted octanol–water partition coefficient (Wildman–Crippen LogP) is 3.00. The molecule has 1 nitrogen and oxygen atoms in total. The number of alkyl halides is 2. The van der Waals surface area contributed by atoms with Crippen LogP contribution in [0.3, 0.4) is 0 Å². The minimum Gasteiger partial charge on any atom is -0.320 e. The van der Waals surface area contributed by atoms with Gasteiger partial charge in [0.15, 0.2) is 0 Å². The van der Waals surface area contributed by atoms with Gasteiger partial charge in [0.2, 0.25) is 0 Å². The second-order valence-electron chi connectivity index (χ2n) is 5.13. The molecule has 1 aromatic rings. The number of nitrogens with two attached hydrogens (primary N) is 1. The van der Waals surface area contributed by atoms with Gasteiger partial charge in [-0.2, -0.15) is 8.78 Å². The highest BCUT2D eigenvalue weighted by molar-refractivity contribution is 5.38. The van der Waals surface area contributed by atoms with E-state index in [1.54, 1.807) is 6.07 Å². The average Bonchev–Trinajstić information content (AvgIpc) is 2.61. The maximum absolute atomic E-state index is 14.0. The number of hydrogen-bond donors (Lipinski definition) is 1. The SMILES string of the molecule is CC(C)(N)C(F)(F)c1ccc2c(c1)CCC2. The van der Waals surface area contributed by atoms with E-state index in [9.17, 15) is 8.78 Å². The van der Waals surface area contributed by atoms with Gasteiger partial charge in [-0.15, -0.1) is 0 Å². The standard InChI is InChI=1S/C13H17F2N/c1-12(2,16)13(14,15)11-7-6-9-4-3-5-10(9)8-11/h6-8H,3-5,16H2,1-2H3. The van der Waals surface area contributed by atoms with E-state index in [2.05, 4.69) is 0 Å². The normalized spacial score (nSPS) is 16.3. The van der Waals surface area contributed by atoms with Gasteiger partial charge in [-0.05, 0) is 50.3 Å². The predicted molar refractivity (Wildman–Crippen MR) is 60.6 cm³/mol. The van der Waals surface area contributed by atoms with Gasteiger partial charge in [-0.3, -0.25) is 0 Å². The first-order valence-corrected chi connectivity index (χ1v) is 5.61. The largest absolute Gasteiger partial charge is 0.320 e. The van der Waals surface area contributed by atoms with E-state index in [0.29, 0.717) is 0 Å². The molecule has 0 fully saturated rings.